The molecule has 0 radical (unpaired) electrons. The van der Waals surface area contributed by atoms with Crippen LogP contribution in [-0.2, 0) is 5.75 Å². The minimum Gasteiger partial charge on any atom is -0.435 e. The van der Waals surface area contributed by atoms with E-state index in [1.54, 1.807) is 16.8 Å². The number of hydrogen-bond donors (Lipinski definition) is 0. The van der Waals surface area contributed by atoms with E-state index in [1.165, 1.54) is 29.2 Å². The Kier molecular flexibility index (Phi) is 5.60. The zero-order chi connectivity index (χ0) is 16.9. The monoisotopic (exact) mass is 382 g/mol. The molecule has 2 aromatic carbocycles. The van der Waals surface area contributed by atoms with Gasteiger partial charge in [-0.2, -0.15) is 8.78 Å². The van der Waals surface area contributed by atoms with Crippen molar-refractivity contribution in [3.63, 3.8) is 0 Å². The third-order valence-electron chi connectivity index (χ3n) is 3.02. The van der Waals surface area contributed by atoms with E-state index in [1.807, 2.05) is 36.4 Å². The minimum absolute atomic E-state index is 0.158. The van der Waals surface area contributed by atoms with Crippen LogP contribution in [0.2, 0.25) is 0 Å². The summed E-state index contributed by atoms with van der Waals surface area (Å²) < 4.78 is 32.1. The Morgan fingerprint density at radius 3 is 2.71 bits per heavy atom. The minimum atomic E-state index is -2.82. The van der Waals surface area contributed by atoms with Gasteiger partial charge in [-0.05, 0) is 42.0 Å². The van der Waals surface area contributed by atoms with E-state index in [9.17, 15) is 8.78 Å². The molecule has 124 valence electrons. The Balaban J connectivity index is 1.71. The number of thioether (sulfide) groups is 1. The van der Waals surface area contributed by atoms with Gasteiger partial charge in [-0.1, -0.05) is 53.4 Å². The Morgan fingerprint density at radius 2 is 1.96 bits per heavy atom. The van der Waals surface area contributed by atoms with Crippen LogP contribution in [0.1, 0.15) is 5.56 Å². The standard InChI is InChI=1S/C16H12F2N2OS3/c17-14(18)21-13-8-4-5-11(9-13)10-23-15-19-20(16(22)24-15)12-6-2-1-3-7-12/h1-9,14H,10H2. The summed E-state index contributed by atoms with van der Waals surface area (Å²) in [5.74, 6) is 0.753. The van der Waals surface area contributed by atoms with Crippen molar-refractivity contribution in [3.05, 3.63) is 64.1 Å². The van der Waals surface area contributed by atoms with Crippen LogP contribution in [0, 0.1) is 3.95 Å². The van der Waals surface area contributed by atoms with Crippen LogP contribution in [0.4, 0.5) is 8.78 Å². The lowest BCUT2D eigenvalue weighted by Crippen LogP contribution is -2.01. The zero-order valence-corrected chi connectivity index (χ0v) is 14.7. The highest BCUT2D eigenvalue weighted by Gasteiger charge is 2.08. The highest BCUT2D eigenvalue weighted by atomic mass is 32.2. The average Bonchev–Trinajstić information content (AvgIpc) is 2.94. The second-order valence-corrected chi connectivity index (χ2v) is 7.54. The molecule has 0 spiro atoms. The van der Waals surface area contributed by atoms with Crippen molar-refractivity contribution in [2.45, 2.75) is 16.7 Å². The number of nitrogens with zero attached hydrogens (tertiary/aromatic N) is 2. The maximum Gasteiger partial charge on any atom is 0.387 e. The highest BCUT2D eigenvalue weighted by Crippen LogP contribution is 2.28. The maximum absolute atomic E-state index is 12.3. The Labute approximate surface area is 150 Å². The fourth-order valence-corrected chi connectivity index (χ4v) is 4.31. The number of halogens is 2. The van der Waals surface area contributed by atoms with Crippen LogP contribution in [0.5, 0.6) is 5.75 Å². The molecule has 0 aliphatic rings. The van der Waals surface area contributed by atoms with Gasteiger partial charge in [0.1, 0.15) is 5.75 Å². The number of alkyl halides is 2. The van der Waals surface area contributed by atoms with Gasteiger partial charge in [0.05, 0.1) is 5.69 Å². The predicted octanol–water partition coefficient (Wildman–Crippen LogP) is 5.56. The van der Waals surface area contributed by atoms with Gasteiger partial charge in [0.15, 0.2) is 8.29 Å². The molecule has 0 aliphatic heterocycles. The number of hydrogen-bond acceptors (Lipinski definition) is 5. The molecular weight excluding hydrogens is 370 g/mol. The van der Waals surface area contributed by atoms with Gasteiger partial charge in [-0.25, -0.2) is 4.68 Å². The fourth-order valence-electron chi connectivity index (χ4n) is 2.01. The molecule has 3 nitrogen and oxygen atoms in total. The second kappa shape index (κ2) is 7.87. The summed E-state index contributed by atoms with van der Waals surface area (Å²) in [6.45, 7) is -2.82. The molecule has 0 bridgehead atoms. The van der Waals surface area contributed by atoms with Crippen LogP contribution in [-0.4, -0.2) is 16.4 Å². The van der Waals surface area contributed by atoms with Crippen molar-refractivity contribution in [2.75, 3.05) is 0 Å². The number of benzene rings is 2. The second-order valence-electron chi connectivity index (χ2n) is 4.70. The lowest BCUT2D eigenvalue weighted by Gasteiger charge is -2.06. The van der Waals surface area contributed by atoms with E-state index in [0.29, 0.717) is 9.71 Å². The van der Waals surface area contributed by atoms with Gasteiger partial charge in [0.2, 0.25) is 0 Å². The molecule has 0 aliphatic carbocycles. The SMILES string of the molecule is FC(F)Oc1cccc(CSc2nn(-c3ccccc3)c(=S)s2)c1. The maximum atomic E-state index is 12.3. The predicted molar refractivity (Wildman–Crippen MR) is 94.9 cm³/mol. The fraction of sp³-hybridized carbons (Fsp3) is 0.125. The smallest absolute Gasteiger partial charge is 0.387 e. The van der Waals surface area contributed by atoms with Gasteiger partial charge in [0, 0.05) is 5.75 Å². The van der Waals surface area contributed by atoms with Crippen molar-refractivity contribution in [2.24, 2.45) is 0 Å². The first kappa shape index (κ1) is 17.1. The first-order chi connectivity index (χ1) is 11.6. The highest BCUT2D eigenvalue weighted by molar-refractivity contribution is 8.00. The zero-order valence-electron chi connectivity index (χ0n) is 12.3. The normalized spacial score (nSPS) is 11.0. The molecule has 0 unspecified atom stereocenters. The number of para-hydroxylation sites is 1. The van der Waals surface area contributed by atoms with E-state index in [0.717, 1.165) is 15.6 Å². The molecule has 1 aromatic heterocycles. The van der Waals surface area contributed by atoms with Crippen LogP contribution in [0.3, 0.4) is 0 Å². The molecule has 3 aromatic rings. The van der Waals surface area contributed by atoms with E-state index >= 15 is 0 Å². The first-order valence-corrected chi connectivity index (χ1v) is 9.15. The Morgan fingerprint density at radius 1 is 1.17 bits per heavy atom. The molecule has 3 rings (SSSR count). The molecule has 0 saturated heterocycles. The third-order valence-corrected chi connectivity index (χ3v) is 5.45. The van der Waals surface area contributed by atoms with E-state index in [2.05, 4.69) is 9.84 Å². The summed E-state index contributed by atoms with van der Waals surface area (Å²) in [4.78, 5) is 0. The summed E-state index contributed by atoms with van der Waals surface area (Å²) >= 11 is 8.29. The summed E-state index contributed by atoms with van der Waals surface area (Å²) in [6.07, 6.45) is 0. The van der Waals surface area contributed by atoms with Gasteiger partial charge in [-0.3, -0.25) is 0 Å². The van der Waals surface area contributed by atoms with Crippen molar-refractivity contribution in [3.8, 4) is 11.4 Å². The van der Waals surface area contributed by atoms with Crippen LogP contribution in [0.15, 0.2) is 58.9 Å². The quantitative estimate of drug-likeness (QED) is 0.412. The van der Waals surface area contributed by atoms with Crippen molar-refractivity contribution < 1.29 is 13.5 Å². The van der Waals surface area contributed by atoms with Crippen LogP contribution < -0.4 is 4.74 Å². The van der Waals surface area contributed by atoms with E-state index in [4.69, 9.17) is 12.2 Å². The number of ether oxygens (including phenoxy) is 1. The lowest BCUT2D eigenvalue weighted by molar-refractivity contribution is -0.0498. The van der Waals surface area contributed by atoms with E-state index in [-0.39, 0.29) is 5.75 Å². The first-order valence-electron chi connectivity index (χ1n) is 6.94. The molecular formula is C16H12F2N2OS3. The number of rotatable bonds is 6. The summed E-state index contributed by atoms with van der Waals surface area (Å²) in [6, 6.07) is 16.3. The topological polar surface area (TPSA) is 27.1 Å². The van der Waals surface area contributed by atoms with Gasteiger partial charge in [0.25, 0.3) is 0 Å². The van der Waals surface area contributed by atoms with Crippen LogP contribution in [0.25, 0.3) is 5.69 Å². The Hall–Kier alpha value is -1.77. The van der Waals surface area contributed by atoms with E-state index < -0.39 is 6.61 Å². The molecule has 8 heteroatoms. The van der Waals surface area contributed by atoms with Crippen molar-refractivity contribution >= 4 is 35.3 Å². The number of aromatic nitrogens is 2. The summed E-state index contributed by atoms with van der Waals surface area (Å²) in [7, 11) is 0. The third kappa shape index (κ3) is 4.40. The van der Waals surface area contributed by atoms with Crippen LogP contribution >= 0.6 is 35.3 Å². The van der Waals surface area contributed by atoms with Gasteiger partial charge >= 0.3 is 6.61 Å². The van der Waals surface area contributed by atoms with Gasteiger partial charge in [-0.15, -0.1) is 5.10 Å². The molecule has 0 amide bonds. The lowest BCUT2D eigenvalue weighted by atomic mass is 10.2. The molecule has 0 N–H and O–H groups in total. The molecule has 0 saturated carbocycles. The van der Waals surface area contributed by atoms with Crippen molar-refractivity contribution in [1.29, 1.82) is 0 Å². The largest absolute Gasteiger partial charge is 0.435 e. The van der Waals surface area contributed by atoms with Gasteiger partial charge < -0.3 is 4.74 Å². The van der Waals surface area contributed by atoms with Crippen molar-refractivity contribution in [1.82, 2.24) is 9.78 Å². The molecule has 1 heterocycles. The Bertz CT molecular complexity index is 865. The molecule has 0 fully saturated rings. The molecule has 0 atom stereocenters. The summed E-state index contributed by atoms with van der Waals surface area (Å²) in [5.41, 5.74) is 1.79. The summed E-state index contributed by atoms with van der Waals surface area (Å²) in [5, 5.41) is 4.51. The average molecular weight is 382 g/mol. The molecule has 24 heavy (non-hydrogen) atoms.